The van der Waals surface area contributed by atoms with E-state index in [-0.39, 0.29) is 12.1 Å². The van der Waals surface area contributed by atoms with Crippen LogP contribution in [0.15, 0.2) is 35.3 Å². The first-order valence-corrected chi connectivity index (χ1v) is 9.20. The molecule has 140 valence electrons. The largest absolute Gasteiger partial charge is 0.450 e. The average molecular weight is 357 g/mol. The first-order valence-electron chi connectivity index (χ1n) is 9.20. The van der Waals surface area contributed by atoms with Crippen LogP contribution in [-0.2, 0) is 11.2 Å². The lowest BCUT2D eigenvalue weighted by Crippen LogP contribution is -2.48. The molecule has 0 bridgehead atoms. The van der Waals surface area contributed by atoms with Crippen molar-refractivity contribution in [1.82, 2.24) is 15.2 Å². The van der Waals surface area contributed by atoms with Crippen molar-refractivity contribution in [3.8, 4) is 0 Å². The van der Waals surface area contributed by atoms with Gasteiger partial charge < -0.3 is 25.7 Å². The molecule has 1 saturated heterocycles. The molecule has 26 heavy (non-hydrogen) atoms. The van der Waals surface area contributed by atoms with Gasteiger partial charge in [-0.1, -0.05) is 18.2 Å². The number of benzene rings is 1. The molecule has 7 nitrogen and oxygen atoms in total. The van der Waals surface area contributed by atoms with E-state index in [2.05, 4.69) is 33.5 Å². The molecule has 0 radical (unpaired) electrons. The number of nitrogens with zero attached hydrogens (tertiary/aromatic N) is 2. The number of aromatic amines is 1. The molecule has 0 saturated carbocycles. The number of likely N-dealkylation sites (tertiary alicyclic amines) is 1. The summed E-state index contributed by atoms with van der Waals surface area (Å²) in [6.45, 7) is 4.22. The van der Waals surface area contributed by atoms with Crippen molar-refractivity contribution in [2.24, 2.45) is 10.7 Å². The van der Waals surface area contributed by atoms with E-state index in [1.54, 1.807) is 4.90 Å². The third kappa shape index (κ3) is 4.68. The van der Waals surface area contributed by atoms with E-state index in [0.717, 1.165) is 30.5 Å². The molecule has 1 aromatic carbocycles. The summed E-state index contributed by atoms with van der Waals surface area (Å²) in [5.74, 6) is 0.468. The van der Waals surface area contributed by atoms with E-state index in [0.29, 0.717) is 32.2 Å². The van der Waals surface area contributed by atoms with Crippen LogP contribution in [-0.4, -0.2) is 54.2 Å². The predicted octanol–water partition coefficient (Wildman–Crippen LogP) is 2.24. The number of hydrogen-bond acceptors (Lipinski definition) is 3. The van der Waals surface area contributed by atoms with Crippen molar-refractivity contribution < 1.29 is 9.53 Å². The molecule has 1 amide bonds. The zero-order chi connectivity index (χ0) is 18.4. The number of fused-ring (bicyclic) bond motifs is 1. The number of aliphatic imine (C=N–C) groups is 1. The van der Waals surface area contributed by atoms with Crippen molar-refractivity contribution in [2.75, 3.05) is 26.2 Å². The molecule has 2 aromatic rings. The second-order valence-electron chi connectivity index (χ2n) is 6.50. The van der Waals surface area contributed by atoms with E-state index in [4.69, 9.17) is 10.5 Å². The summed E-state index contributed by atoms with van der Waals surface area (Å²) in [5.41, 5.74) is 8.31. The lowest BCUT2D eigenvalue weighted by atomic mass is 10.1. The third-order valence-corrected chi connectivity index (χ3v) is 4.62. The Morgan fingerprint density at radius 3 is 2.88 bits per heavy atom. The van der Waals surface area contributed by atoms with Crippen LogP contribution < -0.4 is 11.1 Å². The molecule has 1 fully saturated rings. The van der Waals surface area contributed by atoms with Gasteiger partial charge in [0.15, 0.2) is 5.96 Å². The molecule has 7 heteroatoms. The van der Waals surface area contributed by atoms with Crippen LogP contribution in [0.4, 0.5) is 4.79 Å². The SMILES string of the molecule is CCOC(=O)N1CCC(NC(N)=NCCc2cc3ccccc3[nH]2)CC1. The van der Waals surface area contributed by atoms with Crippen molar-refractivity contribution in [2.45, 2.75) is 32.2 Å². The highest BCUT2D eigenvalue weighted by Crippen LogP contribution is 2.15. The lowest BCUT2D eigenvalue weighted by molar-refractivity contribution is 0.0963. The fourth-order valence-corrected chi connectivity index (χ4v) is 3.24. The molecule has 3 rings (SSSR count). The number of para-hydroxylation sites is 1. The van der Waals surface area contributed by atoms with Crippen molar-refractivity contribution in [3.05, 3.63) is 36.0 Å². The van der Waals surface area contributed by atoms with Crippen molar-refractivity contribution >= 4 is 23.0 Å². The van der Waals surface area contributed by atoms with Crippen LogP contribution in [0.2, 0.25) is 0 Å². The minimum atomic E-state index is -0.231. The van der Waals surface area contributed by atoms with Gasteiger partial charge >= 0.3 is 6.09 Å². The number of carbonyl (C=O) groups excluding carboxylic acids is 1. The van der Waals surface area contributed by atoms with Gasteiger partial charge in [-0.05, 0) is 37.3 Å². The maximum atomic E-state index is 11.7. The quantitative estimate of drug-likeness (QED) is 0.565. The Morgan fingerprint density at radius 1 is 1.38 bits per heavy atom. The zero-order valence-electron chi connectivity index (χ0n) is 15.2. The van der Waals surface area contributed by atoms with E-state index in [1.807, 2.05) is 19.1 Å². The standard InChI is InChI=1S/C19H27N5O2/c1-2-26-19(25)24-11-8-15(9-12-24)23-18(20)21-10-7-16-13-14-5-3-4-6-17(14)22-16/h3-6,13,15,22H,2,7-12H2,1H3,(H3,20,21,23). The maximum Gasteiger partial charge on any atom is 0.409 e. The summed E-state index contributed by atoms with van der Waals surface area (Å²) in [6, 6.07) is 10.6. The van der Waals surface area contributed by atoms with Gasteiger partial charge in [-0.15, -0.1) is 0 Å². The Morgan fingerprint density at radius 2 is 2.15 bits per heavy atom. The van der Waals surface area contributed by atoms with Crippen LogP contribution in [0, 0.1) is 0 Å². The van der Waals surface area contributed by atoms with Crippen LogP contribution in [0.25, 0.3) is 10.9 Å². The number of nitrogens with two attached hydrogens (primary N) is 1. The summed E-state index contributed by atoms with van der Waals surface area (Å²) < 4.78 is 5.03. The summed E-state index contributed by atoms with van der Waals surface area (Å²) in [7, 11) is 0. The van der Waals surface area contributed by atoms with Gasteiger partial charge in [0.2, 0.25) is 0 Å². The Bertz CT molecular complexity index is 729. The van der Waals surface area contributed by atoms with Crippen LogP contribution >= 0.6 is 0 Å². The molecule has 0 unspecified atom stereocenters. The highest BCUT2D eigenvalue weighted by atomic mass is 16.6. The Kier molecular flexibility index (Phi) is 5.99. The van der Waals surface area contributed by atoms with Gasteiger partial charge in [0, 0.05) is 43.3 Å². The number of hydrogen-bond donors (Lipinski definition) is 3. The number of carbonyl (C=O) groups is 1. The van der Waals surface area contributed by atoms with Gasteiger partial charge in [-0.2, -0.15) is 0 Å². The monoisotopic (exact) mass is 357 g/mol. The molecular formula is C19H27N5O2. The molecule has 0 aliphatic carbocycles. The molecule has 2 heterocycles. The maximum absolute atomic E-state index is 11.7. The zero-order valence-corrected chi connectivity index (χ0v) is 15.2. The van der Waals surface area contributed by atoms with E-state index < -0.39 is 0 Å². The number of piperidine rings is 1. The van der Waals surface area contributed by atoms with Gasteiger partial charge in [-0.3, -0.25) is 4.99 Å². The second kappa shape index (κ2) is 8.60. The highest BCUT2D eigenvalue weighted by molar-refractivity contribution is 5.80. The molecule has 0 atom stereocenters. The molecular weight excluding hydrogens is 330 g/mol. The summed E-state index contributed by atoms with van der Waals surface area (Å²) >= 11 is 0. The summed E-state index contributed by atoms with van der Waals surface area (Å²) in [6.07, 6.45) is 2.28. The predicted molar refractivity (Wildman–Crippen MR) is 103 cm³/mol. The van der Waals surface area contributed by atoms with Crippen LogP contribution in [0.5, 0.6) is 0 Å². The molecule has 1 aromatic heterocycles. The molecule has 0 spiro atoms. The Hall–Kier alpha value is -2.70. The van der Waals surface area contributed by atoms with Gasteiger partial charge in [0.1, 0.15) is 0 Å². The lowest BCUT2D eigenvalue weighted by Gasteiger charge is -2.31. The number of aromatic nitrogens is 1. The summed E-state index contributed by atoms with van der Waals surface area (Å²) in [5, 5.41) is 4.48. The fourth-order valence-electron chi connectivity index (χ4n) is 3.24. The minimum absolute atomic E-state index is 0.231. The first kappa shape index (κ1) is 18.1. The highest BCUT2D eigenvalue weighted by Gasteiger charge is 2.23. The Labute approximate surface area is 153 Å². The van der Waals surface area contributed by atoms with E-state index >= 15 is 0 Å². The van der Waals surface area contributed by atoms with Gasteiger partial charge in [-0.25, -0.2) is 4.79 Å². The third-order valence-electron chi connectivity index (χ3n) is 4.62. The van der Waals surface area contributed by atoms with Crippen molar-refractivity contribution in [3.63, 3.8) is 0 Å². The van der Waals surface area contributed by atoms with E-state index in [9.17, 15) is 4.79 Å². The normalized spacial score (nSPS) is 16.0. The smallest absolute Gasteiger partial charge is 0.409 e. The number of H-pyrrole nitrogens is 1. The van der Waals surface area contributed by atoms with Gasteiger partial charge in [0.25, 0.3) is 0 Å². The van der Waals surface area contributed by atoms with Crippen LogP contribution in [0.3, 0.4) is 0 Å². The second-order valence-corrected chi connectivity index (χ2v) is 6.50. The molecule has 4 N–H and O–H groups in total. The minimum Gasteiger partial charge on any atom is -0.450 e. The average Bonchev–Trinajstić information content (AvgIpc) is 3.05. The number of guanidine groups is 1. The molecule has 1 aliphatic heterocycles. The summed E-state index contributed by atoms with van der Waals surface area (Å²) in [4.78, 5) is 21.3. The number of nitrogens with one attached hydrogen (secondary N) is 2. The van der Waals surface area contributed by atoms with Gasteiger partial charge in [0.05, 0.1) is 6.61 Å². The number of rotatable bonds is 5. The Balaban J connectivity index is 1.42. The first-order chi connectivity index (χ1) is 12.7. The fraction of sp³-hybridized carbons (Fsp3) is 0.474. The molecule has 1 aliphatic rings. The topological polar surface area (TPSA) is 95.7 Å². The van der Waals surface area contributed by atoms with E-state index in [1.165, 1.54) is 5.39 Å². The van der Waals surface area contributed by atoms with Crippen LogP contribution in [0.1, 0.15) is 25.5 Å². The number of amides is 1. The van der Waals surface area contributed by atoms with Crippen molar-refractivity contribution in [1.29, 1.82) is 0 Å². The number of ether oxygens (including phenoxy) is 1.